The molecule has 0 aliphatic rings. The molecular weight excluding hydrogens is 232 g/mol. The van der Waals surface area contributed by atoms with Gasteiger partial charge in [-0.2, -0.15) is 5.26 Å². The lowest BCUT2D eigenvalue weighted by Gasteiger charge is -2.16. The Kier molecular flexibility index (Phi) is 4.20. The summed E-state index contributed by atoms with van der Waals surface area (Å²) in [5, 5.41) is 12.6. The third kappa shape index (κ3) is 3.59. The Morgan fingerprint density at radius 3 is 2.58 bits per heavy atom. The van der Waals surface area contributed by atoms with Crippen molar-refractivity contribution in [3.63, 3.8) is 0 Å². The molecule has 0 aliphatic heterocycles. The summed E-state index contributed by atoms with van der Waals surface area (Å²) in [7, 11) is 0. The second kappa shape index (κ2) is 6.06. The monoisotopic (exact) mass is 250 g/mol. The zero-order valence-electron chi connectivity index (χ0n) is 11.4. The first-order chi connectivity index (χ1) is 9.19. The number of hydrogen-bond acceptors (Lipinski definition) is 2. The lowest BCUT2D eigenvalue weighted by Crippen LogP contribution is -2.18. The molecule has 0 aromatic heterocycles. The first kappa shape index (κ1) is 13.2. The number of nitrogens with one attached hydrogen (secondary N) is 1. The summed E-state index contributed by atoms with van der Waals surface area (Å²) in [6.07, 6.45) is 0.944. The van der Waals surface area contributed by atoms with Crippen molar-refractivity contribution in [2.24, 2.45) is 0 Å². The second-order valence-corrected chi connectivity index (χ2v) is 4.90. The summed E-state index contributed by atoms with van der Waals surface area (Å²) in [6, 6.07) is 18.8. The maximum atomic E-state index is 9.16. The van der Waals surface area contributed by atoms with Crippen molar-refractivity contribution in [1.82, 2.24) is 0 Å². The van der Waals surface area contributed by atoms with Crippen LogP contribution in [0.5, 0.6) is 0 Å². The molecule has 2 aromatic carbocycles. The van der Waals surface area contributed by atoms with Crippen LogP contribution in [-0.2, 0) is 6.42 Å². The lowest BCUT2D eigenvalue weighted by atomic mass is 10.1. The average molecular weight is 250 g/mol. The molecule has 0 bridgehead atoms. The van der Waals surface area contributed by atoms with Gasteiger partial charge in [-0.3, -0.25) is 0 Å². The van der Waals surface area contributed by atoms with E-state index in [2.05, 4.69) is 42.6 Å². The zero-order valence-corrected chi connectivity index (χ0v) is 11.4. The minimum atomic E-state index is 0.289. The summed E-state index contributed by atoms with van der Waals surface area (Å²) in [5.41, 5.74) is 4.03. The topological polar surface area (TPSA) is 35.8 Å². The Bertz CT molecular complexity index is 582. The number of rotatable bonds is 4. The van der Waals surface area contributed by atoms with Crippen molar-refractivity contribution in [2.45, 2.75) is 26.3 Å². The average Bonchev–Trinajstić information content (AvgIpc) is 2.42. The molecule has 96 valence electrons. The van der Waals surface area contributed by atoms with E-state index in [1.165, 1.54) is 5.56 Å². The number of anilines is 1. The number of hydrogen-bond donors (Lipinski definition) is 1. The number of nitrogens with zero attached hydrogens (tertiary/aromatic N) is 1. The molecule has 0 fully saturated rings. The van der Waals surface area contributed by atoms with E-state index in [9.17, 15) is 0 Å². The van der Waals surface area contributed by atoms with Crippen molar-refractivity contribution in [2.75, 3.05) is 5.32 Å². The largest absolute Gasteiger partial charge is 0.381 e. The van der Waals surface area contributed by atoms with E-state index in [-0.39, 0.29) is 6.04 Å². The first-order valence-corrected chi connectivity index (χ1v) is 6.50. The molecule has 0 amide bonds. The normalized spacial score (nSPS) is 11.6. The van der Waals surface area contributed by atoms with Crippen LogP contribution in [0, 0.1) is 18.3 Å². The minimum Gasteiger partial charge on any atom is -0.381 e. The van der Waals surface area contributed by atoms with E-state index in [0.29, 0.717) is 5.56 Å². The van der Waals surface area contributed by atoms with E-state index in [0.717, 1.165) is 17.7 Å². The summed E-state index contributed by atoms with van der Waals surface area (Å²) in [5.74, 6) is 0. The van der Waals surface area contributed by atoms with Crippen LogP contribution in [0.3, 0.4) is 0 Å². The van der Waals surface area contributed by atoms with Crippen molar-refractivity contribution in [3.05, 3.63) is 65.2 Å². The van der Waals surface area contributed by atoms with Crippen LogP contribution in [0.4, 0.5) is 5.69 Å². The fraction of sp³-hybridized carbons (Fsp3) is 0.235. The van der Waals surface area contributed by atoms with Crippen LogP contribution >= 0.6 is 0 Å². The molecule has 2 aromatic rings. The van der Waals surface area contributed by atoms with Gasteiger partial charge in [-0.05, 0) is 43.5 Å². The van der Waals surface area contributed by atoms with Gasteiger partial charge < -0.3 is 5.32 Å². The lowest BCUT2D eigenvalue weighted by molar-refractivity contribution is 0.790. The number of aryl methyl sites for hydroxylation is 1. The van der Waals surface area contributed by atoms with Crippen LogP contribution in [0.1, 0.15) is 23.6 Å². The third-order valence-electron chi connectivity index (χ3n) is 3.08. The van der Waals surface area contributed by atoms with E-state index >= 15 is 0 Å². The highest BCUT2D eigenvalue weighted by Gasteiger charge is 2.07. The standard InChI is InChI=1S/C17H18N2/c1-13-8-9-17(16(10-13)12-18)19-14(2)11-15-6-4-3-5-7-15/h3-10,14,19H,11H2,1-2H3. The molecule has 1 N–H and O–H groups in total. The molecule has 0 spiro atoms. The van der Waals surface area contributed by atoms with Gasteiger partial charge in [-0.25, -0.2) is 0 Å². The maximum absolute atomic E-state index is 9.16. The Labute approximate surface area is 114 Å². The SMILES string of the molecule is Cc1ccc(NC(C)Cc2ccccc2)c(C#N)c1. The van der Waals surface area contributed by atoms with Gasteiger partial charge in [0.15, 0.2) is 0 Å². The predicted octanol–water partition coefficient (Wildman–Crippen LogP) is 3.91. The van der Waals surface area contributed by atoms with Crippen LogP contribution in [0.2, 0.25) is 0 Å². The van der Waals surface area contributed by atoms with E-state index < -0.39 is 0 Å². The number of nitriles is 1. The van der Waals surface area contributed by atoms with Gasteiger partial charge in [-0.1, -0.05) is 36.4 Å². The highest BCUT2D eigenvalue weighted by atomic mass is 14.9. The van der Waals surface area contributed by atoms with Gasteiger partial charge >= 0.3 is 0 Å². The Balaban J connectivity index is 2.07. The van der Waals surface area contributed by atoms with E-state index in [1.807, 2.05) is 31.2 Å². The van der Waals surface area contributed by atoms with Crippen LogP contribution in [-0.4, -0.2) is 6.04 Å². The van der Waals surface area contributed by atoms with Crippen molar-refractivity contribution >= 4 is 5.69 Å². The van der Waals surface area contributed by atoms with E-state index in [1.54, 1.807) is 0 Å². The molecule has 0 heterocycles. The summed E-state index contributed by atoms with van der Waals surface area (Å²) in [4.78, 5) is 0. The van der Waals surface area contributed by atoms with Gasteiger partial charge in [0.25, 0.3) is 0 Å². The molecule has 1 unspecified atom stereocenters. The van der Waals surface area contributed by atoms with Gasteiger partial charge in [0.1, 0.15) is 6.07 Å². The smallest absolute Gasteiger partial charge is 0.101 e. The highest BCUT2D eigenvalue weighted by Crippen LogP contribution is 2.18. The molecule has 19 heavy (non-hydrogen) atoms. The highest BCUT2D eigenvalue weighted by molar-refractivity contribution is 5.59. The van der Waals surface area contributed by atoms with Crippen LogP contribution in [0.25, 0.3) is 0 Å². The maximum Gasteiger partial charge on any atom is 0.101 e. The van der Waals surface area contributed by atoms with Crippen molar-refractivity contribution < 1.29 is 0 Å². The number of benzene rings is 2. The molecule has 2 heteroatoms. The molecule has 1 atom stereocenters. The molecule has 0 saturated carbocycles. The molecule has 0 aliphatic carbocycles. The van der Waals surface area contributed by atoms with Crippen molar-refractivity contribution in [3.8, 4) is 6.07 Å². The minimum absolute atomic E-state index is 0.289. The first-order valence-electron chi connectivity index (χ1n) is 6.50. The molecule has 2 rings (SSSR count). The van der Waals surface area contributed by atoms with E-state index in [4.69, 9.17) is 5.26 Å². The molecule has 2 nitrogen and oxygen atoms in total. The summed E-state index contributed by atoms with van der Waals surface area (Å²) >= 11 is 0. The second-order valence-electron chi connectivity index (χ2n) is 4.90. The fourth-order valence-corrected chi connectivity index (χ4v) is 2.16. The summed E-state index contributed by atoms with van der Waals surface area (Å²) < 4.78 is 0. The molecule has 0 saturated heterocycles. The Morgan fingerprint density at radius 2 is 1.89 bits per heavy atom. The zero-order chi connectivity index (χ0) is 13.7. The summed E-state index contributed by atoms with van der Waals surface area (Å²) in [6.45, 7) is 4.13. The molecular formula is C17H18N2. The fourth-order valence-electron chi connectivity index (χ4n) is 2.16. The predicted molar refractivity (Wildman–Crippen MR) is 79.1 cm³/mol. The Morgan fingerprint density at radius 1 is 1.16 bits per heavy atom. The van der Waals surface area contributed by atoms with Gasteiger partial charge in [0.2, 0.25) is 0 Å². The van der Waals surface area contributed by atoms with Crippen molar-refractivity contribution in [1.29, 1.82) is 5.26 Å². The van der Waals surface area contributed by atoms with Crippen LogP contribution in [0.15, 0.2) is 48.5 Å². The third-order valence-corrected chi connectivity index (χ3v) is 3.08. The quantitative estimate of drug-likeness (QED) is 0.893. The van der Waals surface area contributed by atoms with Gasteiger partial charge in [-0.15, -0.1) is 0 Å². The molecule has 0 radical (unpaired) electrons. The van der Waals surface area contributed by atoms with Gasteiger partial charge in [0.05, 0.1) is 11.3 Å². The Hall–Kier alpha value is -2.27. The van der Waals surface area contributed by atoms with Gasteiger partial charge in [0, 0.05) is 6.04 Å². The van der Waals surface area contributed by atoms with Crippen LogP contribution < -0.4 is 5.32 Å².